The van der Waals surface area contributed by atoms with Crippen molar-refractivity contribution in [2.24, 2.45) is 10.3 Å². The summed E-state index contributed by atoms with van der Waals surface area (Å²) in [6.45, 7) is 3.93. The first-order valence-corrected chi connectivity index (χ1v) is 8.68. The van der Waals surface area contributed by atoms with Crippen LogP contribution in [0.1, 0.15) is 34.7 Å². The van der Waals surface area contributed by atoms with E-state index in [0.29, 0.717) is 11.3 Å². The van der Waals surface area contributed by atoms with Gasteiger partial charge in [0, 0.05) is 29.3 Å². The van der Waals surface area contributed by atoms with Crippen LogP contribution in [0.25, 0.3) is 0 Å². The molecule has 0 atom stereocenters. The Bertz CT molecular complexity index is 956. The Morgan fingerprint density at radius 3 is 2.54 bits per heavy atom. The number of carbonyl (C=O) groups is 1. The van der Waals surface area contributed by atoms with Crippen molar-refractivity contribution < 1.29 is 14.5 Å². The number of carbonyl (C=O) groups excluding carboxylic acids is 1. The van der Waals surface area contributed by atoms with Crippen molar-refractivity contribution in [1.82, 2.24) is 5.32 Å². The van der Waals surface area contributed by atoms with E-state index in [4.69, 9.17) is 16.1 Å². The molecule has 0 radical (unpaired) electrons. The number of hydrogen-bond donors (Lipinski definition) is 1. The third-order valence-corrected chi connectivity index (χ3v) is 4.17. The normalized spacial score (nSPS) is 11.5. The van der Waals surface area contributed by atoms with Crippen LogP contribution in [0.3, 0.4) is 0 Å². The number of amides is 1. The molecule has 2 rings (SSSR count). The molecule has 0 unspecified atom stereocenters. The zero-order valence-electron chi connectivity index (χ0n) is 16.4. The minimum absolute atomic E-state index is 0.164. The molecule has 6 nitrogen and oxygen atoms in total. The monoisotopic (exact) mass is 377 g/mol. The van der Waals surface area contributed by atoms with E-state index in [1.807, 2.05) is 50.2 Å². The summed E-state index contributed by atoms with van der Waals surface area (Å²) in [5.74, 6) is 2.29. The van der Waals surface area contributed by atoms with E-state index in [0.717, 1.165) is 22.3 Å². The van der Waals surface area contributed by atoms with Crippen LogP contribution < -0.4 is 5.32 Å². The highest BCUT2D eigenvalue weighted by Gasteiger charge is 2.19. The van der Waals surface area contributed by atoms with E-state index in [-0.39, 0.29) is 18.2 Å². The van der Waals surface area contributed by atoms with Crippen molar-refractivity contribution in [2.75, 3.05) is 14.2 Å². The first kappa shape index (κ1) is 20.7. The molecule has 0 aliphatic heterocycles. The molecule has 0 saturated carbocycles. The van der Waals surface area contributed by atoms with E-state index >= 15 is 0 Å². The lowest BCUT2D eigenvalue weighted by atomic mass is 9.98. The number of nitrogens with one attached hydrogen (secondary N) is 1. The summed E-state index contributed by atoms with van der Waals surface area (Å²) >= 11 is 0. The van der Waals surface area contributed by atoms with Gasteiger partial charge >= 0.3 is 0 Å². The minimum atomic E-state index is -0.351. The van der Waals surface area contributed by atoms with Gasteiger partial charge in [0.2, 0.25) is 0 Å². The maximum absolute atomic E-state index is 12.2. The van der Waals surface area contributed by atoms with Gasteiger partial charge in [-0.1, -0.05) is 52.6 Å². The summed E-state index contributed by atoms with van der Waals surface area (Å²) in [7, 11) is 2.93. The Morgan fingerprint density at radius 2 is 1.86 bits per heavy atom. The van der Waals surface area contributed by atoms with Gasteiger partial charge in [-0.15, -0.1) is 6.42 Å². The van der Waals surface area contributed by atoms with Crippen molar-refractivity contribution in [1.29, 1.82) is 0 Å². The van der Waals surface area contributed by atoms with E-state index in [1.165, 1.54) is 14.2 Å². The molecule has 0 saturated heterocycles. The lowest BCUT2D eigenvalue weighted by Crippen LogP contribution is -2.29. The number of terminal acetylenes is 1. The summed E-state index contributed by atoms with van der Waals surface area (Å²) in [6, 6.07) is 13.1. The first-order valence-electron chi connectivity index (χ1n) is 8.68. The fourth-order valence-corrected chi connectivity index (χ4v) is 2.71. The number of nitrogens with zero attached hydrogens (tertiary/aromatic N) is 2. The molecule has 0 aliphatic carbocycles. The van der Waals surface area contributed by atoms with Crippen molar-refractivity contribution in [3.05, 3.63) is 70.3 Å². The zero-order valence-corrected chi connectivity index (χ0v) is 16.4. The zero-order chi connectivity index (χ0) is 20.5. The lowest BCUT2D eigenvalue weighted by Gasteiger charge is -2.13. The van der Waals surface area contributed by atoms with Gasteiger partial charge < -0.3 is 15.0 Å². The summed E-state index contributed by atoms with van der Waals surface area (Å²) in [5, 5.41) is 10.6. The maximum Gasteiger partial charge on any atom is 0.273 e. The molecular formula is C22H23N3O3. The molecule has 28 heavy (non-hydrogen) atoms. The van der Waals surface area contributed by atoms with Crippen molar-refractivity contribution in [3.8, 4) is 12.3 Å². The third-order valence-electron chi connectivity index (χ3n) is 4.17. The number of hydrogen-bond acceptors (Lipinski definition) is 5. The quantitative estimate of drug-likeness (QED) is 0.458. The van der Waals surface area contributed by atoms with Crippen molar-refractivity contribution in [3.63, 3.8) is 0 Å². The second kappa shape index (κ2) is 9.93. The second-order valence-electron chi connectivity index (χ2n) is 5.94. The Hall–Kier alpha value is -3.59. The molecule has 6 heteroatoms. The van der Waals surface area contributed by atoms with Crippen LogP contribution in [0.2, 0.25) is 0 Å². The number of rotatable bonds is 7. The number of oxime groups is 2. The molecule has 0 aliphatic rings. The van der Waals surface area contributed by atoms with Gasteiger partial charge in [0.15, 0.2) is 5.71 Å². The van der Waals surface area contributed by atoms with Crippen molar-refractivity contribution >= 4 is 17.3 Å². The molecule has 0 spiro atoms. The second-order valence-corrected chi connectivity index (χ2v) is 5.94. The van der Waals surface area contributed by atoms with Crippen LogP contribution in [-0.2, 0) is 21.1 Å². The molecule has 0 bridgehead atoms. The molecule has 1 N–H and O–H groups in total. The van der Waals surface area contributed by atoms with Gasteiger partial charge in [-0.25, -0.2) is 0 Å². The Labute approximate surface area is 165 Å². The number of benzene rings is 2. The summed E-state index contributed by atoms with van der Waals surface area (Å²) in [5.41, 5.74) is 4.79. The average Bonchev–Trinajstić information content (AvgIpc) is 2.72. The van der Waals surface area contributed by atoms with Gasteiger partial charge in [0.05, 0.1) is 5.71 Å². The molecule has 144 valence electrons. The summed E-state index contributed by atoms with van der Waals surface area (Å²) in [4.78, 5) is 22.6. The van der Waals surface area contributed by atoms with Crippen LogP contribution in [-0.4, -0.2) is 31.5 Å². The highest BCUT2D eigenvalue weighted by molar-refractivity contribution is 6.45. The molecule has 2 aromatic carbocycles. The standard InChI is InChI=1S/C22H23N3O3/c1-6-17-11-7-8-12-18(17)16(3)24-28-14-20-15(2)10-9-13-19(20)21(25-27-5)22(26)23-4/h1,7-13H,14H2,2-5H3,(H,23,26)/b24-16+,25-21+. The largest absolute Gasteiger partial charge is 0.398 e. The van der Waals surface area contributed by atoms with Crippen LogP contribution in [0.5, 0.6) is 0 Å². The highest BCUT2D eigenvalue weighted by atomic mass is 16.6. The SMILES string of the molecule is C#Cc1ccccc1/C(C)=N/OCc1c(C)cccc1/C(=N\OC)C(=O)NC. The molecule has 0 heterocycles. The summed E-state index contributed by atoms with van der Waals surface area (Å²) in [6.07, 6.45) is 5.54. The minimum Gasteiger partial charge on any atom is -0.398 e. The third kappa shape index (κ3) is 4.77. The number of aryl methyl sites for hydroxylation is 1. The fourth-order valence-electron chi connectivity index (χ4n) is 2.71. The lowest BCUT2D eigenvalue weighted by molar-refractivity contribution is -0.114. The topological polar surface area (TPSA) is 72.3 Å². The van der Waals surface area contributed by atoms with Gasteiger partial charge in [-0.3, -0.25) is 4.79 Å². The van der Waals surface area contributed by atoms with E-state index in [2.05, 4.69) is 21.5 Å². The van der Waals surface area contributed by atoms with Crippen molar-refractivity contribution in [2.45, 2.75) is 20.5 Å². The van der Waals surface area contributed by atoms with Gasteiger partial charge in [0.1, 0.15) is 13.7 Å². The Kier molecular flexibility index (Phi) is 7.35. The van der Waals surface area contributed by atoms with Gasteiger partial charge in [-0.05, 0) is 25.5 Å². The molecule has 2 aromatic rings. The predicted octanol–water partition coefficient (Wildman–Crippen LogP) is 3.01. The molecular weight excluding hydrogens is 354 g/mol. The summed E-state index contributed by atoms with van der Waals surface area (Å²) < 4.78 is 0. The first-order chi connectivity index (χ1) is 13.5. The van der Waals surface area contributed by atoms with E-state index in [9.17, 15) is 4.79 Å². The van der Waals surface area contributed by atoms with Crippen LogP contribution in [0, 0.1) is 19.3 Å². The highest BCUT2D eigenvalue weighted by Crippen LogP contribution is 2.18. The maximum atomic E-state index is 12.2. The van der Waals surface area contributed by atoms with Crippen LogP contribution in [0.15, 0.2) is 52.8 Å². The molecule has 0 aromatic heterocycles. The Morgan fingerprint density at radius 1 is 1.14 bits per heavy atom. The van der Waals surface area contributed by atoms with Crippen LogP contribution in [0.4, 0.5) is 0 Å². The molecule has 1 amide bonds. The van der Waals surface area contributed by atoms with E-state index < -0.39 is 0 Å². The Balaban J connectivity index is 2.31. The fraction of sp³-hybridized carbons (Fsp3) is 0.227. The smallest absolute Gasteiger partial charge is 0.273 e. The molecule has 0 fully saturated rings. The van der Waals surface area contributed by atoms with Gasteiger partial charge in [-0.2, -0.15) is 0 Å². The van der Waals surface area contributed by atoms with E-state index in [1.54, 1.807) is 6.07 Å². The predicted molar refractivity (Wildman–Crippen MR) is 110 cm³/mol. The van der Waals surface area contributed by atoms with Gasteiger partial charge in [0.25, 0.3) is 5.91 Å². The average molecular weight is 377 g/mol. The van der Waals surface area contributed by atoms with Crippen LogP contribution >= 0.6 is 0 Å². The number of likely N-dealkylation sites (N-methyl/N-ethyl adjacent to an activating group) is 1.